The average molecular weight is 493 g/mol. The van der Waals surface area contributed by atoms with Gasteiger partial charge in [-0.1, -0.05) is 43.1 Å². The Morgan fingerprint density at radius 1 is 1.11 bits per heavy atom. The minimum absolute atomic E-state index is 0.342. The van der Waals surface area contributed by atoms with Gasteiger partial charge in [0.15, 0.2) is 0 Å². The molecule has 1 N–H and O–H groups in total. The molecule has 140 valence electrons. The lowest BCUT2D eigenvalue weighted by Crippen LogP contribution is -2.30. The van der Waals surface area contributed by atoms with E-state index < -0.39 is 0 Å². The first-order chi connectivity index (χ1) is 13.1. The van der Waals surface area contributed by atoms with Crippen LogP contribution >= 0.6 is 31.9 Å². The van der Waals surface area contributed by atoms with Crippen LogP contribution < -0.4 is 10.1 Å². The van der Waals surface area contributed by atoms with Gasteiger partial charge < -0.3 is 10.1 Å². The lowest BCUT2D eigenvalue weighted by molar-refractivity contribution is 0.340. The fourth-order valence-electron chi connectivity index (χ4n) is 3.29. The van der Waals surface area contributed by atoms with E-state index in [2.05, 4.69) is 47.5 Å². The van der Waals surface area contributed by atoms with E-state index in [1.54, 1.807) is 0 Å². The third kappa shape index (κ3) is 4.23. The Labute approximate surface area is 174 Å². The van der Waals surface area contributed by atoms with Crippen LogP contribution in [0.3, 0.4) is 0 Å². The van der Waals surface area contributed by atoms with Crippen LogP contribution in [0.2, 0.25) is 0 Å². The molecule has 1 fully saturated rings. The number of rotatable bonds is 4. The molecule has 1 aromatic carbocycles. The van der Waals surface area contributed by atoms with Crippen molar-refractivity contribution in [1.82, 2.24) is 25.3 Å². The van der Waals surface area contributed by atoms with Crippen molar-refractivity contribution in [2.24, 2.45) is 0 Å². The molecule has 0 unspecified atom stereocenters. The molecule has 0 spiro atoms. The molecular formula is C19H19Br2N5O. The van der Waals surface area contributed by atoms with Crippen LogP contribution in [0.15, 0.2) is 45.3 Å². The Kier molecular flexibility index (Phi) is 5.56. The van der Waals surface area contributed by atoms with Gasteiger partial charge in [-0.2, -0.15) is 0 Å². The van der Waals surface area contributed by atoms with Gasteiger partial charge >= 0.3 is 0 Å². The number of hydrogen-bond acceptors (Lipinski definition) is 5. The Balaban J connectivity index is 1.66. The number of pyridine rings is 1. The minimum atomic E-state index is 0.342. The van der Waals surface area contributed by atoms with Crippen molar-refractivity contribution in [3.05, 3.63) is 51.0 Å². The number of aryl methyl sites for hydroxylation is 1. The molecular weight excluding hydrogens is 474 g/mol. The minimum Gasteiger partial charge on any atom is -0.439 e. The highest BCUT2D eigenvalue weighted by Gasteiger charge is 2.22. The predicted molar refractivity (Wildman–Crippen MR) is 111 cm³/mol. The zero-order valence-corrected chi connectivity index (χ0v) is 18.0. The second kappa shape index (κ2) is 8.08. The van der Waals surface area contributed by atoms with Crippen LogP contribution in [0.1, 0.15) is 24.6 Å². The molecule has 4 rings (SSSR count). The van der Waals surface area contributed by atoms with E-state index in [1.165, 1.54) is 0 Å². The molecule has 1 aliphatic rings. The normalized spacial score (nSPS) is 15.1. The Morgan fingerprint density at radius 2 is 1.85 bits per heavy atom. The van der Waals surface area contributed by atoms with Gasteiger partial charge in [0.1, 0.15) is 11.4 Å². The third-order valence-electron chi connectivity index (χ3n) is 4.54. The molecule has 6 nitrogen and oxygen atoms in total. The summed E-state index contributed by atoms with van der Waals surface area (Å²) in [6.07, 6.45) is 2.08. The van der Waals surface area contributed by atoms with E-state index in [9.17, 15) is 0 Å². The number of ether oxygens (including phenoxy) is 1. The summed E-state index contributed by atoms with van der Waals surface area (Å²) in [5.74, 6) is 1.25. The number of nitrogens with zero attached hydrogens (tertiary/aromatic N) is 4. The van der Waals surface area contributed by atoms with Gasteiger partial charge in [-0.25, -0.2) is 9.67 Å². The summed E-state index contributed by atoms with van der Waals surface area (Å²) in [6.45, 7) is 3.97. The monoisotopic (exact) mass is 491 g/mol. The van der Waals surface area contributed by atoms with Crippen molar-refractivity contribution in [2.45, 2.75) is 25.8 Å². The van der Waals surface area contributed by atoms with Gasteiger partial charge in [0.2, 0.25) is 5.88 Å². The summed E-state index contributed by atoms with van der Waals surface area (Å²) in [6, 6.07) is 11.9. The smallest absolute Gasteiger partial charge is 0.219 e. The van der Waals surface area contributed by atoms with Crippen LogP contribution in [-0.2, 0) is 0 Å². The maximum Gasteiger partial charge on any atom is 0.219 e. The Bertz CT molecular complexity index is 933. The largest absolute Gasteiger partial charge is 0.439 e. The van der Waals surface area contributed by atoms with Crippen LogP contribution in [0.4, 0.5) is 0 Å². The van der Waals surface area contributed by atoms with E-state index in [0.29, 0.717) is 17.7 Å². The second-order valence-electron chi connectivity index (χ2n) is 6.52. The van der Waals surface area contributed by atoms with E-state index in [1.807, 2.05) is 48.0 Å². The fourth-order valence-corrected chi connectivity index (χ4v) is 4.55. The number of hydrogen-bond donors (Lipinski definition) is 1. The van der Waals surface area contributed by atoms with E-state index in [-0.39, 0.29) is 0 Å². The number of aromatic nitrogens is 4. The summed E-state index contributed by atoms with van der Waals surface area (Å²) in [5.41, 5.74) is 2.66. The number of piperidine rings is 1. The van der Waals surface area contributed by atoms with Crippen LogP contribution in [0.25, 0.3) is 11.4 Å². The first kappa shape index (κ1) is 18.6. The van der Waals surface area contributed by atoms with E-state index in [4.69, 9.17) is 9.72 Å². The number of nitrogens with one attached hydrogen (secondary N) is 1. The average Bonchev–Trinajstić information content (AvgIpc) is 3.03. The molecule has 8 heteroatoms. The third-order valence-corrected chi connectivity index (χ3v) is 5.46. The van der Waals surface area contributed by atoms with Gasteiger partial charge in [0, 0.05) is 15.0 Å². The van der Waals surface area contributed by atoms with Crippen molar-refractivity contribution in [1.29, 1.82) is 0 Å². The zero-order chi connectivity index (χ0) is 18.8. The van der Waals surface area contributed by atoms with Crippen LogP contribution in [-0.4, -0.2) is 33.1 Å². The second-order valence-corrected chi connectivity index (χ2v) is 8.35. The number of benzene rings is 1. The molecule has 2 aromatic heterocycles. The summed E-state index contributed by atoms with van der Waals surface area (Å²) >= 11 is 6.96. The van der Waals surface area contributed by atoms with Crippen LogP contribution in [0.5, 0.6) is 11.6 Å². The number of halogens is 2. The lowest BCUT2D eigenvalue weighted by atomic mass is 10.1. The summed E-state index contributed by atoms with van der Waals surface area (Å²) in [4.78, 5) is 4.72. The molecule has 0 saturated carbocycles. The molecule has 3 heterocycles. The predicted octanol–water partition coefficient (Wildman–Crippen LogP) is 4.89. The molecule has 1 aliphatic heterocycles. The molecule has 1 saturated heterocycles. The molecule has 0 bridgehead atoms. The van der Waals surface area contributed by atoms with Gasteiger partial charge in [0.05, 0.1) is 17.4 Å². The molecule has 0 radical (unpaired) electrons. The molecule has 0 atom stereocenters. The highest BCUT2D eigenvalue weighted by Crippen LogP contribution is 2.31. The SMILES string of the molecule is Cc1nnn(C2CCNCC2)c1-c1cccc(Oc2cc(Br)cc(Br)c2)n1. The maximum absolute atomic E-state index is 5.97. The molecule has 0 amide bonds. The molecule has 0 aliphatic carbocycles. The highest BCUT2D eigenvalue weighted by molar-refractivity contribution is 9.11. The lowest BCUT2D eigenvalue weighted by Gasteiger charge is -2.24. The summed E-state index contributed by atoms with van der Waals surface area (Å²) in [5, 5.41) is 12.1. The Morgan fingerprint density at radius 3 is 2.59 bits per heavy atom. The van der Waals surface area contributed by atoms with Crippen LogP contribution in [0, 0.1) is 6.92 Å². The maximum atomic E-state index is 5.97. The van der Waals surface area contributed by atoms with E-state index in [0.717, 1.165) is 52.0 Å². The summed E-state index contributed by atoms with van der Waals surface area (Å²) < 4.78 is 9.87. The fraction of sp³-hybridized carbons (Fsp3) is 0.316. The van der Waals surface area contributed by atoms with Gasteiger partial charge in [-0.15, -0.1) is 5.10 Å². The van der Waals surface area contributed by atoms with Gasteiger partial charge in [-0.05, 0) is 57.1 Å². The standard InChI is InChI=1S/C19H19Br2N5O/c1-12-19(26(25-24-12)15-5-7-22-8-6-15)17-3-2-4-18(23-17)27-16-10-13(20)9-14(21)11-16/h2-4,9-11,15,22H,5-8H2,1H3. The first-order valence-electron chi connectivity index (χ1n) is 8.84. The molecule has 27 heavy (non-hydrogen) atoms. The van der Waals surface area contributed by atoms with Gasteiger partial charge in [-0.3, -0.25) is 0 Å². The zero-order valence-electron chi connectivity index (χ0n) is 14.8. The van der Waals surface area contributed by atoms with Crippen molar-refractivity contribution in [3.8, 4) is 23.0 Å². The quantitative estimate of drug-likeness (QED) is 0.561. The van der Waals surface area contributed by atoms with E-state index >= 15 is 0 Å². The highest BCUT2D eigenvalue weighted by atomic mass is 79.9. The van der Waals surface area contributed by atoms with Crippen molar-refractivity contribution >= 4 is 31.9 Å². The van der Waals surface area contributed by atoms with Gasteiger partial charge in [0.25, 0.3) is 0 Å². The topological polar surface area (TPSA) is 64.9 Å². The van der Waals surface area contributed by atoms with Crippen molar-refractivity contribution in [2.75, 3.05) is 13.1 Å². The first-order valence-corrected chi connectivity index (χ1v) is 10.4. The molecule has 3 aromatic rings. The van der Waals surface area contributed by atoms with Crippen molar-refractivity contribution in [3.63, 3.8) is 0 Å². The summed E-state index contributed by atoms with van der Waals surface area (Å²) in [7, 11) is 0. The van der Waals surface area contributed by atoms with Crippen molar-refractivity contribution < 1.29 is 4.74 Å². The Hall–Kier alpha value is -1.77.